The maximum Gasteiger partial charge on any atom is 0.407 e. The Morgan fingerprint density at radius 3 is 2.31 bits per heavy atom. The van der Waals surface area contributed by atoms with E-state index >= 15 is 0 Å². The third-order valence-electron chi connectivity index (χ3n) is 3.70. The molecule has 0 aliphatic heterocycles. The van der Waals surface area contributed by atoms with Gasteiger partial charge in [-0.1, -0.05) is 13.8 Å². The fourth-order valence-corrected chi connectivity index (χ4v) is 2.23. The van der Waals surface area contributed by atoms with Gasteiger partial charge in [0.25, 0.3) is 0 Å². The van der Waals surface area contributed by atoms with Gasteiger partial charge in [0.1, 0.15) is 5.60 Å². The van der Waals surface area contributed by atoms with Gasteiger partial charge in [0.05, 0.1) is 13.5 Å². The summed E-state index contributed by atoms with van der Waals surface area (Å²) < 4.78 is 9.95. The molecule has 0 spiro atoms. The van der Waals surface area contributed by atoms with Gasteiger partial charge in [-0.2, -0.15) is 0 Å². The van der Waals surface area contributed by atoms with E-state index in [1.54, 1.807) is 7.05 Å². The van der Waals surface area contributed by atoms with Crippen LogP contribution in [0.2, 0.25) is 0 Å². The monoisotopic (exact) mass is 372 g/mol. The van der Waals surface area contributed by atoms with E-state index in [1.165, 1.54) is 7.11 Å². The number of guanidine groups is 1. The van der Waals surface area contributed by atoms with Gasteiger partial charge >= 0.3 is 12.1 Å². The number of alkyl carbamates (subject to hydrolysis) is 1. The summed E-state index contributed by atoms with van der Waals surface area (Å²) in [5.74, 6) is 0.691. The summed E-state index contributed by atoms with van der Waals surface area (Å²) in [6.07, 6.45) is 0.614. The van der Waals surface area contributed by atoms with Crippen molar-refractivity contribution < 1.29 is 19.1 Å². The molecule has 8 nitrogen and oxygen atoms in total. The first-order valence-corrected chi connectivity index (χ1v) is 8.98. The number of aliphatic imine (C=N–C) groups is 1. The summed E-state index contributed by atoms with van der Waals surface area (Å²) in [6, 6.07) is -0.0134. The van der Waals surface area contributed by atoms with E-state index in [0.717, 1.165) is 6.42 Å². The first-order chi connectivity index (χ1) is 12.0. The lowest BCUT2D eigenvalue weighted by molar-refractivity contribution is -0.140. The predicted octanol–water partition coefficient (Wildman–Crippen LogP) is 2.00. The number of hydrogen-bond donors (Lipinski definition) is 2. The quantitative estimate of drug-likeness (QED) is 0.385. The molecule has 0 aromatic carbocycles. The molecule has 0 bridgehead atoms. The molecule has 0 aromatic heterocycles. The van der Waals surface area contributed by atoms with Crippen molar-refractivity contribution in [1.82, 2.24) is 15.5 Å². The lowest BCUT2D eigenvalue weighted by Gasteiger charge is -2.28. The number of hydrogen-bond acceptors (Lipinski definition) is 5. The third-order valence-corrected chi connectivity index (χ3v) is 3.70. The highest BCUT2D eigenvalue weighted by Gasteiger charge is 2.22. The number of rotatable bonds is 8. The van der Waals surface area contributed by atoms with E-state index in [4.69, 9.17) is 4.74 Å². The zero-order chi connectivity index (χ0) is 20.3. The van der Waals surface area contributed by atoms with Gasteiger partial charge in [-0.15, -0.1) is 0 Å². The lowest BCUT2D eigenvalue weighted by atomic mass is 10.0. The first kappa shape index (κ1) is 24.0. The molecule has 0 aliphatic rings. The molecular weight excluding hydrogens is 336 g/mol. The van der Waals surface area contributed by atoms with Gasteiger partial charge in [-0.3, -0.25) is 9.79 Å². The summed E-state index contributed by atoms with van der Waals surface area (Å²) in [5, 5.41) is 6.06. The molecule has 0 saturated heterocycles. The van der Waals surface area contributed by atoms with Crippen LogP contribution in [0.5, 0.6) is 0 Å². The number of carbonyl (C=O) groups is 2. The molecule has 0 radical (unpaired) electrons. The minimum atomic E-state index is -0.520. The summed E-state index contributed by atoms with van der Waals surface area (Å²) in [4.78, 5) is 29.4. The van der Waals surface area contributed by atoms with Crippen LogP contribution < -0.4 is 10.6 Å². The van der Waals surface area contributed by atoms with Crippen molar-refractivity contribution in [3.8, 4) is 0 Å². The Hall–Kier alpha value is -1.99. The van der Waals surface area contributed by atoms with Crippen LogP contribution in [0.3, 0.4) is 0 Å². The van der Waals surface area contributed by atoms with Crippen molar-refractivity contribution in [3.05, 3.63) is 0 Å². The first-order valence-electron chi connectivity index (χ1n) is 8.98. The number of amides is 1. The Kier molecular flexibility index (Phi) is 10.7. The predicted molar refractivity (Wildman–Crippen MR) is 103 cm³/mol. The van der Waals surface area contributed by atoms with Gasteiger partial charge < -0.3 is 25.0 Å². The highest BCUT2D eigenvalue weighted by Crippen LogP contribution is 2.11. The molecule has 2 N–H and O–H groups in total. The maximum atomic E-state index is 12.0. The highest BCUT2D eigenvalue weighted by molar-refractivity contribution is 5.80. The maximum absolute atomic E-state index is 12.0. The molecule has 0 heterocycles. The molecule has 1 atom stereocenters. The summed E-state index contributed by atoms with van der Waals surface area (Å²) in [6.45, 7) is 10.8. The van der Waals surface area contributed by atoms with E-state index in [9.17, 15) is 9.59 Å². The van der Waals surface area contributed by atoms with Gasteiger partial charge in [0.2, 0.25) is 0 Å². The van der Waals surface area contributed by atoms with Crippen LogP contribution in [-0.2, 0) is 14.3 Å². The fraction of sp³-hybridized carbons (Fsp3) is 0.833. The summed E-state index contributed by atoms with van der Waals surface area (Å²) in [7, 11) is 4.97. The van der Waals surface area contributed by atoms with Gasteiger partial charge in [-0.25, -0.2) is 4.79 Å². The second-order valence-electron chi connectivity index (χ2n) is 7.51. The Bertz CT molecular complexity index is 472. The molecule has 8 heteroatoms. The minimum Gasteiger partial charge on any atom is -0.469 e. The molecule has 152 valence electrons. The van der Waals surface area contributed by atoms with Crippen LogP contribution >= 0.6 is 0 Å². The highest BCUT2D eigenvalue weighted by atomic mass is 16.6. The molecule has 0 aliphatic carbocycles. The Balaban J connectivity index is 4.52. The summed E-state index contributed by atoms with van der Waals surface area (Å²) >= 11 is 0. The smallest absolute Gasteiger partial charge is 0.407 e. The van der Waals surface area contributed by atoms with Crippen molar-refractivity contribution in [2.45, 2.75) is 59.1 Å². The zero-order valence-corrected chi connectivity index (χ0v) is 17.5. The SMILES string of the molecule is CN=C(NCCC(=O)OC)N(C)CCC(NC(=O)OC(C)(C)C)C(C)C. The summed E-state index contributed by atoms with van der Waals surface area (Å²) in [5.41, 5.74) is -0.520. The van der Waals surface area contributed by atoms with E-state index < -0.39 is 11.7 Å². The van der Waals surface area contributed by atoms with Crippen LogP contribution in [0.1, 0.15) is 47.5 Å². The normalized spacial score (nSPS) is 13.2. The molecular formula is C18H36N4O4. The standard InChI is InChI=1S/C18H36N4O4/c1-13(2)14(21-17(24)26-18(3,4)5)10-12-22(7)16(19-6)20-11-9-15(23)25-8/h13-14H,9-12H2,1-8H3,(H,19,20)(H,21,24). The molecule has 1 unspecified atom stereocenters. The molecule has 0 saturated carbocycles. The minimum absolute atomic E-state index is 0.0134. The number of nitrogens with zero attached hydrogens (tertiary/aromatic N) is 2. The van der Waals surface area contributed by atoms with Crippen LogP contribution in [0.4, 0.5) is 4.79 Å². The van der Waals surface area contributed by atoms with Crippen molar-refractivity contribution >= 4 is 18.0 Å². The third kappa shape index (κ3) is 10.8. The zero-order valence-electron chi connectivity index (χ0n) is 17.5. The van der Waals surface area contributed by atoms with Crippen LogP contribution in [0.25, 0.3) is 0 Å². The second-order valence-corrected chi connectivity index (χ2v) is 7.51. The van der Waals surface area contributed by atoms with Crippen LogP contribution in [0, 0.1) is 5.92 Å². The number of esters is 1. The van der Waals surface area contributed by atoms with Crippen LogP contribution in [0.15, 0.2) is 4.99 Å². The van der Waals surface area contributed by atoms with E-state index in [-0.39, 0.29) is 24.3 Å². The van der Waals surface area contributed by atoms with E-state index in [2.05, 4.69) is 34.2 Å². The largest absolute Gasteiger partial charge is 0.469 e. The second kappa shape index (κ2) is 11.6. The van der Waals surface area contributed by atoms with Crippen LogP contribution in [-0.4, -0.2) is 68.9 Å². The fourth-order valence-electron chi connectivity index (χ4n) is 2.23. The molecule has 0 rings (SSSR count). The van der Waals surface area contributed by atoms with Crippen molar-refractivity contribution in [1.29, 1.82) is 0 Å². The van der Waals surface area contributed by atoms with Gasteiger partial charge in [-0.05, 0) is 33.1 Å². The van der Waals surface area contributed by atoms with E-state index in [0.29, 0.717) is 19.0 Å². The van der Waals surface area contributed by atoms with Crippen molar-refractivity contribution in [2.24, 2.45) is 10.9 Å². The average Bonchev–Trinajstić information content (AvgIpc) is 2.52. The Morgan fingerprint density at radius 2 is 1.85 bits per heavy atom. The molecule has 1 amide bonds. The van der Waals surface area contributed by atoms with Gasteiger partial charge in [0, 0.05) is 33.2 Å². The molecule has 0 aromatic rings. The Labute approximate surface area is 157 Å². The van der Waals surface area contributed by atoms with Crippen molar-refractivity contribution in [2.75, 3.05) is 34.3 Å². The average molecular weight is 373 g/mol. The number of ether oxygens (including phenoxy) is 2. The Morgan fingerprint density at radius 1 is 1.23 bits per heavy atom. The number of nitrogens with one attached hydrogen (secondary N) is 2. The molecule has 26 heavy (non-hydrogen) atoms. The lowest BCUT2D eigenvalue weighted by Crippen LogP contribution is -2.45. The number of carbonyl (C=O) groups excluding carboxylic acids is 2. The topological polar surface area (TPSA) is 92.3 Å². The van der Waals surface area contributed by atoms with Crippen molar-refractivity contribution in [3.63, 3.8) is 0 Å². The van der Waals surface area contributed by atoms with Gasteiger partial charge in [0.15, 0.2) is 5.96 Å². The molecule has 0 fully saturated rings. The number of methoxy groups -OCH3 is 1. The van der Waals surface area contributed by atoms with E-state index in [1.807, 2.05) is 32.7 Å².